The summed E-state index contributed by atoms with van der Waals surface area (Å²) in [5, 5.41) is 8.55. The average Bonchev–Trinajstić information content (AvgIpc) is 2.75. The first kappa shape index (κ1) is 12.1. The molecule has 0 saturated heterocycles. The zero-order valence-corrected chi connectivity index (χ0v) is 8.88. The van der Waals surface area contributed by atoms with E-state index in [2.05, 4.69) is 0 Å². The van der Waals surface area contributed by atoms with Gasteiger partial charge in [0.05, 0.1) is 6.26 Å². The quantitative estimate of drug-likeness (QED) is 0.820. The van der Waals surface area contributed by atoms with Crippen molar-refractivity contribution >= 4 is 12.1 Å². The minimum atomic E-state index is -1.07. The van der Waals surface area contributed by atoms with Crippen LogP contribution >= 0.6 is 0 Å². The van der Waals surface area contributed by atoms with Crippen molar-refractivity contribution in [2.75, 3.05) is 13.1 Å². The third-order valence-corrected chi connectivity index (χ3v) is 1.88. The lowest BCUT2D eigenvalue weighted by atomic mass is 10.5. The minimum Gasteiger partial charge on any atom is -0.480 e. The molecule has 0 fully saturated rings. The summed E-state index contributed by atoms with van der Waals surface area (Å²) in [5.41, 5.74) is 0. The van der Waals surface area contributed by atoms with Crippen LogP contribution in [0.3, 0.4) is 0 Å². The Morgan fingerprint density at radius 2 is 2.31 bits per heavy atom. The molecule has 88 valence electrons. The zero-order valence-electron chi connectivity index (χ0n) is 8.88. The number of rotatable bonds is 5. The molecule has 1 amide bonds. The molecule has 0 aliphatic rings. The van der Waals surface area contributed by atoms with Crippen LogP contribution in [0.15, 0.2) is 22.8 Å². The number of hydrogen-bond donors (Lipinski definition) is 1. The van der Waals surface area contributed by atoms with Crippen LogP contribution < -0.4 is 0 Å². The molecular formula is C10H13NO5. The molecule has 16 heavy (non-hydrogen) atoms. The van der Waals surface area contributed by atoms with E-state index in [0.717, 1.165) is 4.90 Å². The molecule has 1 aromatic heterocycles. The Bertz CT molecular complexity index is 346. The van der Waals surface area contributed by atoms with E-state index in [9.17, 15) is 9.59 Å². The van der Waals surface area contributed by atoms with Gasteiger partial charge < -0.3 is 14.3 Å². The maximum Gasteiger partial charge on any atom is 0.410 e. The molecule has 0 atom stereocenters. The number of ether oxygens (including phenoxy) is 1. The number of hydrogen-bond acceptors (Lipinski definition) is 4. The maximum atomic E-state index is 11.4. The van der Waals surface area contributed by atoms with E-state index in [4.69, 9.17) is 14.3 Å². The predicted molar refractivity (Wildman–Crippen MR) is 53.8 cm³/mol. The monoisotopic (exact) mass is 227 g/mol. The van der Waals surface area contributed by atoms with Crippen molar-refractivity contribution in [3.05, 3.63) is 24.2 Å². The molecule has 1 rings (SSSR count). The van der Waals surface area contributed by atoms with Gasteiger partial charge >= 0.3 is 12.1 Å². The number of nitrogens with zero attached hydrogens (tertiary/aromatic N) is 1. The summed E-state index contributed by atoms with van der Waals surface area (Å²) in [7, 11) is 0. The lowest BCUT2D eigenvalue weighted by Gasteiger charge is -2.17. The summed E-state index contributed by atoms with van der Waals surface area (Å²) in [6, 6.07) is 3.35. The van der Waals surface area contributed by atoms with Gasteiger partial charge in [-0.2, -0.15) is 0 Å². The first-order valence-electron chi connectivity index (χ1n) is 4.79. The molecule has 1 aromatic rings. The van der Waals surface area contributed by atoms with Gasteiger partial charge in [-0.1, -0.05) is 0 Å². The molecule has 0 aromatic carbocycles. The topological polar surface area (TPSA) is 80.0 Å². The smallest absolute Gasteiger partial charge is 0.410 e. The van der Waals surface area contributed by atoms with Crippen molar-refractivity contribution in [3.8, 4) is 0 Å². The van der Waals surface area contributed by atoms with Crippen LogP contribution in [0, 0.1) is 0 Å². The largest absolute Gasteiger partial charge is 0.480 e. The summed E-state index contributed by atoms with van der Waals surface area (Å²) >= 11 is 0. The second-order valence-electron chi connectivity index (χ2n) is 3.04. The summed E-state index contributed by atoms with van der Waals surface area (Å²) in [4.78, 5) is 22.9. The Labute approximate surface area is 92.4 Å². The highest BCUT2D eigenvalue weighted by Gasteiger charge is 2.16. The van der Waals surface area contributed by atoms with E-state index >= 15 is 0 Å². The molecule has 0 bridgehead atoms. The van der Waals surface area contributed by atoms with E-state index in [-0.39, 0.29) is 19.7 Å². The maximum absolute atomic E-state index is 11.4. The van der Waals surface area contributed by atoms with Crippen molar-refractivity contribution in [3.63, 3.8) is 0 Å². The van der Waals surface area contributed by atoms with Crippen molar-refractivity contribution in [1.82, 2.24) is 4.90 Å². The van der Waals surface area contributed by atoms with Gasteiger partial charge in [-0.15, -0.1) is 0 Å². The van der Waals surface area contributed by atoms with Crippen molar-refractivity contribution in [2.24, 2.45) is 0 Å². The van der Waals surface area contributed by atoms with E-state index in [1.54, 1.807) is 19.1 Å². The molecule has 0 saturated carbocycles. The summed E-state index contributed by atoms with van der Waals surface area (Å²) in [5.74, 6) is -0.559. The normalized spacial score (nSPS) is 9.81. The SMILES string of the molecule is CCN(CC(=O)O)C(=O)OCc1ccco1. The number of carboxylic acid groups (broad SMARTS) is 1. The number of carbonyl (C=O) groups excluding carboxylic acids is 1. The fourth-order valence-corrected chi connectivity index (χ4v) is 1.09. The Morgan fingerprint density at radius 1 is 1.56 bits per heavy atom. The van der Waals surface area contributed by atoms with Crippen LogP contribution in [0.4, 0.5) is 4.79 Å². The second kappa shape index (κ2) is 5.79. The first-order valence-corrected chi connectivity index (χ1v) is 4.79. The van der Waals surface area contributed by atoms with Gasteiger partial charge in [-0.25, -0.2) is 4.79 Å². The van der Waals surface area contributed by atoms with Gasteiger partial charge in [0.25, 0.3) is 0 Å². The summed E-state index contributed by atoms with van der Waals surface area (Å²) in [6.07, 6.45) is 0.805. The van der Waals surface area contributed by atoms with Crippen molar-refractivity contribution in [2.45, 2.75) is 13.5 Å². The van der Waals surface area contributed by atoms with Crippen LogP contribution in [0.5, 0.6) is 0 Å². The number of furan rings is 1. The third kappa shape index (κ3) is 3.64. The number of carboxylic acids is 1. The van der Waals surface area contributed by atoms with E-state index in [1.807, 2.05) is 0 Å². The number of amides is 1. The highest BCUT2D eigenvalue weighted by molar-refractivity contribution is 5.76. The van der Waals surface area contributed by atoms with Gasteiger partial charge in [0.2, 0.25) is 0 Å². The lowest BCUT2D eigenvalue weighted by Crippen LogP contribution is -2.35. The Hall–Kier alpha value is -1.98. The van der Waals surface area contributed by atoms with Crippen LogP contribution in [0.25, 0.3) is 0 Å². The van der Waals surface area contributed by atoms with Gasteiger partial charge in [-0.05, 0) is 19.1 Å². The van der Waals surface area contributed by atoms with E-state index in [1.165, 1.54) is 6.26 Å². The van der Waals surface area contributed by atoms with Crippen LogP contribution in [0.1, 0.15) is 12.7 Å². The molecule has 6 nitrogen and oxygen atoms in total. The standard InChI is InChI=1S/C10H13NO5/c1-2-11(6-9(12)13)10(14)16-7-8-4-3-5-15-8/h3-5H,2,6-7H2,1H3,(H,12,13). The molecule has 6 heteroatoms. The molecule has 0 aliphatic heterocycles. The molecule has 1 heterocycles. The Morgan fingerprint density at radius 3 is 2.81 bits per heavy atom. The number of aliphatic carboxylic acids is 1. The summed E-state index contributed by atoms with van der Waals surface area (Å²) in [6.45, 7) is 1.59. The predicted octanol–water partition coefficient (Wildman–Crippen LogP) is 1.32. The Kier molecular flexibility index (Phi) is 4.38. The highest BCUT2D eigenvalue weighted by Crippen LogP contribution is 2.03. The zero-order chi connectivity index (χ0) is 12.0. The first-order chi connectivity index (χ1) is 7.63. The molecular weight excluding hydrogens is 214 g/mol. The summed E-state index contributed by atoms with van der Waals surface area (Å²) < 4.78 is 9.84. The van der Waals surface area contributed by atoms with Crippen molar-refractivity contribution < 1.29 is 23.8 Å². The number of carbonyl (C=O) groups is 2. The van der Waals surface area contributed by atoms with Gasteiger partial charge in [-0.3, -0.25) is 9.69 Å². The van der Waals surface area contributed by atoms with Crippen LogP contribution in [-0.4, -0.2) is 35.2 Å². The van der Waals surface area contributed by atoms with Gasteiger partial charge in [0.15, 0.2) is 6.61 Å². The van der Waals surface area contributed by atoms with E-state index < -0.39 is 12.1 Å². The Balaban J connectivity index is 2.40. The lowest BCUT2D eigenvalue weighted by molar-refractivity contribution is -0.138. The average molecular weight is 227 g/mol. The van der Waals surface area contributed by atoms with E-state index in [0.29, 0.717) is 5.76 Å². The van der Waals surface area contributed by atoms with Gasteiger partial charge in [0, 0.05) is 6.54 Å². The molecule has 1 N–H and O–H groups in total. The molecule has 0 aliphatic carbocycles. The molecule has 0 spiro atoms. The van der Waals surface area contributed by atoms with Crippen LogP contribution in [0.2, 0.25) is 0 Å². The van der Waals surface area contributed by atoms with Crippen molar-refractivity contribution in [1.29, 1.82) is 0 Å². The highest BCUT2D eigenvalue weighted by atomic mass is 16.6. The number of likely N-dealkylation sites (N-methyl/N-ethyl adjacent to an activating group) is 1. The fraction of sp³-hybridized carbons (Fsp3) is 0.400. The fourth-order valence-electron chi connectivity index (χ4n) is 1.09. The molecule has 0 unspecified atom stereocenters. The van der Waals surface area contributed by atoms with Crippen LogP contribution in [-0.2, 0) is 16.1 Å². The third-order valence-electron chi connectivity index (χ3n) is 1.88. The minimum absolute atomic E-state index is 0.00194. The second-order valence-corrected chi connectivity index (χ2v) is 3.04. The van der Waals surface area contributed by atoms with Gasteiger partial charge in [0.1, 0.15) is 12.3 Å². The molecule has 0 radical (unpaired) electrons.